The van der Waals surface area contributed by atoms with Crippen LogP contribution in [-0.2, 0) is 5.41 Å². The molecule has 0 aliphatic heterocycles. The molecule has 1 aromatic heterocycles. The number of carbonyl (C=O) groups excluding carboxylic acids is 1. The molecule has 1 fully saturated rings. The number of aromatic nitrogens is 2. The van der Waals surface area contributed by atoms with Crippen molar-refractivity contribution in [1.29, 1.82) is 0 Å². The number of aliphatic hydroxyl groups is 1. The van der Waals surface area contributed by atoms with Gasteiger partial charge in [0.25, 0.3) is 0 Å². The number of hydrogen-bond donors (Lipinski definition) is 3. The number of urea groups is 1. The maximum absolute atomic E-state index is 13.3. The van der Waals surface area contributed by atoms with E-state index in [-0.39, 0.29) is 29.4 Å². The Hall–Kier alpha value is -2.41. The third kappa shape index (κ3) is 4.86. The molecule has 27 heavy (non-hydrogen) atoms. The van der Waals surface area contributed by atoms with Crippen LogP contribution in [0.4, 0.5) is 15.0 Å². The maximum atomic E-state index is 13.3. The van der Waals surface area contributed by atoms with E-state index in [2.05, 4.69) is 15.7 Å². The van der Waals surface area contributed by atoms with Crippen LogP contribution < -0.4 is 10.6 Å². The lowest BCUT2D eigenvalue weighted by molar-refractivity contribution is 0.118. The van der Waals surface area contributed by atoms with Crippen LogP contribution in [0.5, 0.6) is 0 Å². The number of rotatable bonds is 3. The van der Waals surface area contributed by atoms with Gasteiger partial charge in [0.2, 0.25) is 0 Å². The Balaban J connectivity index is 1.79. The molecule has 1 heterocycles. The minimum atomic E-state index is -0.325. The highest BCUT2D eigenvalue weighted by Crippen LogP contribution is 2.26. The van der Waals surface area contributed by atoms with Crippen molar-refractivity contribution in [3.8, 4) is 5.69 Å². The van der Waals surface area contributed by atoms with E-state index in [1.807, 2.05) is 26.8 Å². The lowest BCUT2D eigenvalue weighted by atomic mass is 9.92. The van der Waals surface area contributed by atoms with Gasteiger partial charge in [-0.2, -0.15) is 5.10 Å². The second-order valence-electron chi connectivity index (χ2n) is 8.16. The van der Waals surface area contributed by atoms with E-state index in [1.165, 1.54) is 12.1 Å². The van der Waals surface area contributed by atoms with E-state index in [4.69, 9.17) is 0 Å². The number of aliphatic hydroxyl groups excluding tert-OH is 1. The van der Waals surface area contributed by atoms with E-state index in [0.717, 1.165) is 18.5 Å². The van der Waals surface area contributed by atoms with Gasteiger partial charge in [-0.1, -0.05) is 20.8 Å². The summed E-state index contributed by atoms with van der Waals surface area (Å²) in [7, 11) is 0. The summed E-state index contributed by atoms with van der Waals surface area (Å²) in [5.74, 6) is 0.202. The Morgan fingerprint density at radius 3 is 2.41 bits per heavy atom. The van der Waals surface area contributed by atoms with E-state index in [0.29, 0.717) is 24.3 Å². The monoisotopic (exact) mass is 374 g/mol. The van der Waals surface area contributed by atoms with Gasteiger partial charge in [-0.05, 0) is 49.9 Å². The first-order chi connectivity index (χ1) is 12.7. The summed E-state index contributed by atoms with van der Waals surface area (Å²) in [5, 5.41) is 20.0. The largest absolute Gasteiger partial charge is 0.393 e. The minimum absolute atomic E-state index is 0.0534. The average molecular weight is 374 g/mol. The first kappa shape index (κ1) is 19.4. The smallest absolute Gasteiger partial charge is 0.320 e. The molecule has 3 N–H and O–H groups in total. The molecule has 0 spiro atoms. The van der Waals surface area contributed by atoms with Crippen LogP contribution in [0.3, 0.4) is 0 Å². The molecule has 1 aliphatic carbocycles. The first-order valence-corrected chi connectivity index (χ1v) is 9.34. The zero-order valence-electron chi connectivity index (χ0n) is 16.0. The predicted octanol–water partition coefficient (Wildman–Crippen LogP) is 3.73. The average Bonchev–Trinajstić information content (AvgIpc) is 3.02. The molecule has 7 heteroatoms. The Bertz CT molecular complexity index is 787. The van der Waals surface area contributed by atoms with Gasteiger partial charge in [0.1, 0.15) is 11.6 Å². The number of halogens is 1. The highest BCUT2D eigenvalue weighted by atomic mass is 19.1. The Labute approximate surface area is 158 Å². The summed E-state index contributed by atoms with van der Waals surface area (Å²) in [6.45, 7) is 6.13. The lowest BCUT2D eigenvalue weighted by Gasteiger charge is -2.26. The maximum Gasteiger partial charge on any atom is 0.320 e. The number of carbonyl (C=O) groups is 1. The van der Waals surface area contributed by atoms with Crippen LogP contribution in [-0.4, -0.2) is 33.1 Å². The van der Waals surface area contributed by atoms with Gasteiger partial charge in [-0.15, -0.1) is 0 Å². The lowest BCUT2D eigenvalue weighted by Crippen LogP contribution is -2.41. The van der Waals surface area contributed by atoms with Crippen LogP contribution in [0.2, 0.25) is 0 Å². The topological polar surface area (TPSA) is 79.2 Å². The van der Waals surface area contributed by atoms with Crippen molar-refractivity contribution in [3.63, 3.8) is 0 Å². The van der Waals surface area contributed by atoms with E-state index < -0.39 is 0 Å². The quantitative estimate of drug-likeness (QED) is 0.766. The van der Waals surface area contributed by atoms with Crippen molar-refractivity contribution >= 4 is 11.8 Å². The van der Waals surface area contributed by atoms with E-state index >= 15 is 0 Å². The summed E-state index contributed by atoms with van der Waals surface area (Å²) in [6.07, 6.45) is 2.66. The molecule has 2 amide bonds. The van der Waals surface area contributed by atoms with Gasteiger partial charge >= 0.3 is 6.03 Å². The van der Waals surface area contributed by atoms with Gasteiger partial charge in [0.05, 0.1) is 17.5 Å². The zero-order chi connectivity index (χ0) is 19.6. The van der Waals surface area contributed by atoms with Gasteiger partial charge in [-0.25, -0.2) is 13.9 Å². The number of amides is 2. The molecule has 6 nitrogen and oxygen atoms in total. The van der Waals surface area contributed by atoms with Crippen LogP contribution in [0.1, 0.15) is 52.1 Å². The summed E-state index contributed by atoms with van der Waals surface area (Å²) in [4.78, 5) is 12.5. The van der Waals surface area contributed by atoms with Gasteiger partial charge in [0.15, 0.2) is 0 Å². The molecule has 1 aromatic carbocycles. The second kappa shape index (κ2) is 7.68. The molecule has 0 atom stereocenters. The van der Waals surface area contributed by atoms with Crippen molar-refractivity contribution in [2.24, 2.45) is 0 Å². The zero-order valence-corrected chi connectivity index (χ0v) is 16.0. The summed E-state index contributed by atoms with van der Waals surface area (Å²) in [6, 6.07) is 7.57. The molecular weight excluding hydrogens is 347 g/mol. The van der Waals surface area contributed by atoms with Gasteiger partial charge in [-0.3, -0.25) is 5.32 Å². The van der Waals surface area contributed by atoms with Gasteiger partial charge in [0, 0.05) is 17.5 Å². The van der Waals surface area contributed by atoms with Crippen molar-refractivity contribution in [2.75, 3.05) is 5.32 Å². The highest BCUT2D eigenvalue weighted by Gasteiger charge is 2.24. The van der Waals surface area contributed by atoms with Crippen LogP contribution in [0.25, 0.3) is 5.69 Å². The molecule has 1 saturated carbocycles. The molecule has 3 rings (SSSR count). The fraction of sp³-hybridized carbons (Fsp3) is 0.500. The SMILES string of the molecule is CC(C)(C)c1cc(NC(=O)NC2CCC(O)CC2)n(-c2ccc(F)cc2)n1. The van der Waals surface area contributed by atoms with Gasteiger partial charge < -0.3 is 10.4 Å². The Morgan fingerprint density at radius 2 is 1.81 bits per heavy atom. The Kier molecular flexibility index (Phi) is 5.51. The van der Waals surface area contributed by atoms with Crippen LogP contribution >= 0.6 is 0 Å². The highest BCUT2D eigenvalue weighted by molar-refractivity contribution is 5.89. The molecule has 0 radical (unpaired) electrons. The summed E-state index contributed by atoms with van der Waals surface area (Å²) in [5.41, 5.74) is 1.29. The summed E-state index contributed by atoms with van der Waals surface area (Å²) >= 11 is 0. The number of hydrogen-bond acceptors (Lipinski definition) is 3. The number of anilines is 1. The third-order valence-electron chi connectivity index (χ3n) is 4.82. The number of benzene rings is 1. The molecular formula is C20H27FN4O2. The molecule has 0 saturated heterocycles. The predicted molar refractivity (Wildman–Crippen MR) is 103 cm³/mol. The van der Waals surface area contributed by atoms with Crippen molar-refractivity contribution < 1.29 is 14.3 Å². The fourth-order valence-electron chi connectivity index (χ4n) is 3.17. The fourth-order valence-corrected chi connectivity index (χ4v) is 3.17. The minimum Gasteiger partial charge on any atom is -0.393 e. The summed E-state index contributed by atoms with van der Waals surface area (Å²) < 4.78 is 14.9. The number of nitrogens with zero attached hydrogens (tertiary/aromatic N) is 2. The molecule has 1 aliphatic rings. The van der Waals surface area contributed by atoms with E-state index in [9.17, 15) is 14.3 Å². The standard InChI is InChI=1S/C20H27FN4O2/c1-20(2,3)17-12-18(25(24-17)15-8-4-13(21)5-9-15)23-19(27)22-14-6-10-16(26)11-7-14/h4-5,8-9,12,14,16,26H,6-7,10-11H2,1-3H3,(H2,22,23,27). The van der Waals surface area contributed by atoms with Crippen molar-refractivity contribution in [1.82, 2.24) is 15.1 Å². The third-order valence-corrected chi connectivity index (χ3v) is 4.82. The van der Waals surface area contributed by atoms with Crippen molar-refractivity contribution in [3.05, 3.63) is 41.8 Å². The molecule has 0 bridgehead atoms. The normalized spacial score (nSPS) is 20.3. The first-order valence-electron chi connectivity index (χ1n) is 9.34. The molecule has 0 unspecified atom stereocenters. The molecule has 146 valence electrons. The van der Waals surface area contributed by atoms with Crippen molar-refractivity contribution in [2.45, 2.75) is 64.0 Å². The number of nitrogens with one attached hydrogen (secondary N) is 2. The van der Waals surface area contributed by atoms with Crippen LogP contribution in [0.15, 0.2) is 30.3 Å². The Morgan fingerprint density at radius 1 is 1.19 bits per heavy atom. The molecule has 2 aromatic rings. The second-order valence-corrected chi connectivity index (χ2v) is 8.16. The van der Waals surface area contributed by atoms with E-state index in [1.54, 1.807) is 16.8 Å². The van der Waals surface area contributed by atoms with Crippen LogP contribution in [0, 0.1) is 5.82 Å².